The van der Waals surface area contributed by atoms with Gasteiger partial charge < -0.3 is 0 Å². The van der Waals surface area contributed by atoms with Crippen LogP contribution in [0, 0.1) is 0 Å². The second-order valence-electron chi connectivity index (χ2n) is 1.39. The van der Waals surface area contributed by atoms with Crippen LogP contribution in [-0.4, -0.2) is 0 Å². The van der Waals surface area contributed by atoms with Gasteiger partial charge in [0.05, 0.1) is 0 Å². The summed E-state index contributed by atoms with van der Waals surface area (Å²) >= 11 is 3.26. The number of halogens is 1. The number of hydrogen-bond acceptors (Lipinski definition) is 1. The van der Waals surface area contributed by atoms with Crippen molar-refractivity contribution < 1.29 is 20.2 Å². The summed E-state index contributed by atoms with van der Waals surface area (Å²) in [5, 5.41) is 0. The molecule has 1 rings (SSSR count). The van der Waals surface area contributed by atoms with Crippen molar-refractivity contribution in [2.45, 2.75) is 0 Å². The maximum absolute atomic E-state index is 4.66. The van der Waals surface area contributed by atoms with Crippen LogP contribution in [0.3, 0.4) is 0 Å². The minimum absolute atomic E-state index is 0. The second-order valence-corrected chi connectivity index (χ2v) is 1.61. The fourth-order valence-electron chi connectivity index (χ4n) is 0.469. The Labute approximate surface area is 69.0 Å². The Morgan fingerprint density at radius 2 is 1.67 bits per heavy atom. The minimum atomic E-state index is 0. The molecular weight excluding hydrogens is 179 g/mol. The van der Waals surface area contributed by atoms with E-state index in [1.54, 1.807) is 0 Å². The Hall–Kier alpha value is -0.171. The van der Waals surface area contributed by atoms with Gasteiger partial charge in [-0.25, -0.2) is 0 Å². The fourth-order valence-corrected chi connectivity index (χ4v) is 0.619. The van der Waals surface area contributed by atoms with Crippen molar-refractivity contribution in [1.82, 2.24) is 0 Å². The summed E-state index contributed by atoms with van der Waals surface area (Å²) in [6.45, 7) is 0. The molecule has 0 fully saturated rings. The normalized spacial score (nSPS) is 7.67. The summed E-state index contributed by atoms with van der Waals surface area (Å²) in [5.41, 5.74) is 0. The molecule has 1 nitrogen and oxygen atoms in total. The molecule has 0 aromatic heterocycles. The van der Waals surface area contributed by atoms with E-state index in [0.29, 0.717) is 0 Å². The van der Waals surface area contributed by atoms with Crippen molar-refractivity contribution in [1.29, 1.82) is 0 Å². The third kappa shape index (κ3) is 2.75. The van der Waals surface area contributed by atoms with Gasteiger partial charge in [-0.1, -0.05) is 0 Å². The van der Waals surface area contributed by atoms with Crippen molar-refractivity contribution in [2.24, 2.45) is 0 Å². The zero-order valence-corrected chi connectivity index (χ0v) is 6.48. The third-order valence-electron chi connectivity index (χ3n) is 0.827. The van der Waals surface area contributed by atoms with E-state index in [4.69, 9.17) is 0 Å². The van der Waals surface area contributed by atoms with Gasteiger partial charge in [-0.3, -0.25) is 0 Å². The van der Waals surface area contributed by atoms with E-state index in [1.807, 2.05) is 30.3 Å². The molecule has 1 aromatic carbocycles. The Bertz CT molecular complexity index is 154. The third-order valence-corrected chi connectivity index (χ3v) is 1.09. The zero-order chi connectivity index (χ0) is 5.82. The van der Waals surface area contributed by atoms with Crippen LogP contribution in [0.4, 0.5) is 0 Å². The van der Waals surface area contributed by atoms with E-state index in [-0.39, 0.29) is 12.4 Å². The number of rotatable bonds is 1. The fraction of sp³-hybridized carbons (Fsp3) is 0. The molecule has 0 saturated carbocycles. The van der Waals surface area contributed by atoms with Crippen LogP contribution in [0.2, 0.25) is 0 Å². The summed E-state index contributed by atoms with van der Waals surface area (Å²) in [4.78, 5) is 0. The van der Waals surface area contributed by atoms with Crippen molar-refractivity contribution in [3.63, 3.8) is 0 Å². The molecule has 0 aliphatic rings. The monoisotopic (exact) mass is 185 g/mol. The summed E-state index contributed by atoms with van der Waals surface area (Å²) in [5.74, 6) is 0.799. The average molecular weight is 185 g/mol. The number of benzene rings is 1. The summed E-state index contributed by atoms with van der Waals surface area (Å²) in [6, 6.07) is 9.45. The zero-order valence-electron chi connectivity index (χ0n) is 4.56. The Morgan fingerprint density at radius 1 is 1.11 bits per heavy atom. The molecule has 9 heavy (non-hydrogen) atoms. The van der Waals surface area contributed by atoms with Gasteiger partial charge in [-0.05, 0) is 0 Å². The van der Waals surface area contributed by atoms with Crippen LogP contribution in [0.5, 0.6) is 5.75 Å². The van der Waals surface area contributed by atoms with Crippen LogP contribution in [0.25, 0.3) is 0 Å². The van der Waals surface area contributed by atoms with E-state index < -0.39 is 0 Å². The van der Waals surface area contributed by atoms with Crippen molar-refractivity contribution in [3.05, 3.63) is 30.3 Å². The van der Waals surface area contributed by atoms with Gasteiger partial charge >= 0.3 is 56.2 Å². The molecule has 0 spiro atoms. The molecule has 0 amide bonds. The predicted molar refractivity (Wildman–Crippen MR) is 34.3 cm³/mol. The van der Waals surface area contributed by atoms with Gasteiger partial charge in [0.1, 0.15) is 0 Å². The molecule has 0 N–H and O–H groups in total. The van der Waals surface area contributed by atoms with Gasteiger partial charge in [0.2, 0.25) is 0 Å². The molecule has 0 bridgehead atoms. The average Bonchev–Trinajstić information content (AvgIpc) is 1.90. The first-order valence-corrected chi connectivity index (χ1v) is 2.71. The van der Waals surface area contributed by atoms with Gasteiger partial charge in [0.15, 0.2) is 0 Å². The molecule has 0 aliphatic heterocycles. The Morgan fingerprint density at radius 3 is 2.00 bits per heavy atom. The number of para-hydroxylation sites is 1. The maximum atomic E-state index is 4.66. The molecule has 0 aliphatic carbocycles. The van der Waals surface area contributed by atoms with E-state index >= 15 is 0 Å². The molecule has 0 unspecified atom stereocenters. The predicted octanol–water partition coefficient (Wildman–Crippen LogP) is 1.95. The van der Waals surface area contributed by atoms with Crippen molar-refractivity contribution in [2.75, 3.05) is 0 Å². The van der Waals surface area contributed by atoms with E-state index in [2.05, 4.69) is 20.2 Å². The standard InChI is InChI=1S/C6H6O.ClH.Fe/c7-6-4-2-1-3-5-6;;/h1-5,7H;1H;/q;;+1/p-1. The molecule has 1 aromatic rings. The molecule has 51 valence electrons. The number of hydrogen-bond donors (Lipinski definition) is 0. The molecule has 3 heteroatoms. The quantitative estimate of drug-likeness (QED) is 0.608. The molecular formula is C6H6ClFeO. The second kappa shape index (κ2) is 4.68. The summed E-state index contributed by atoms with van der Waals surface area (Å²) in [7, 11) is 0. The molecule has 0 heterocycles. The van der Waals surface area contributed by atoms with Crippen LogP contribution in [0.15, 0.2) is 30.3 Å². The first kappa shape index (κ1) is 8.83. The van der Waals surface area contributed by atoms with Gasteiger partial charge in [0, 0.05) is 0 Å². The van der Waals surface area contributed by atoms with Crippen molar-refractivity contribution in [3.8, 4) is 5.75 Å². The van der Waals surface area contributed by atoms with Crippen LogP contribution in [0.1, 0.15) is 0 Å². The van der Waals surface area contributed by atoms with Crippen LogP contribution in [-0.2, 0) is 16.3 Å². The van der Waals surface area contributed by atoms with Gasteiger partial charge in [0.25, 0.3) is 0 Å². The van der Waals surface area contributed by atoms with E-state index in [0.717, 1.165) is 5.75 Å². The molecule has 0 saturated heterocycles. The van der Waals surface area contributed by atoms with Crippen molar-refractivity contribution >= 4 is 12.4 Å². The SMILES string of the molecule is Cl.[Fe][O]c1ccccc1. The van der Waals surface area contributed by atoms with E-state index in [1.165, 1.54) is 0 Å². The molecule has 0 radical (unpaired) electrons. The first-order valence-electron chi connectivity index (χ1n) is 2.26. The Kier molecular flexibility index (Phi) is 4.60. The first-order chi connectivity index (χ1) is 3.93. The summed E-state index contributed by atoms with van der Waals surface area (Å²) < 4.78 is 4.66. The molecule has 0 atom stereocenters. The topological polar surface area (TPSA) is 9.23 Å². The summed E-state index contributed by atoms with van der Waals surface area (Å²) in [6.07, 6.45) is 0. The van der Waals surface area contributed by atoms with E-state index in [9.17, 15) is 0 Å². The van der Waals surface area contributed by atoms with Crippen LogP contribution >= 0.6 is 12.4 Å². The van der Waals surface area contributed by atoms with Crippen LogP contribution < -0.4 is 3.82 Å². The van der Waals surface area contributed by atoms with Gasteiger partial charge in [-0.2, -0.15) is 0 Å². The Balaban J connectivity index is 0.000000640. The van der Waals surface area contributed by atoms with Gasteiger partial charge in [-0.15, -0.1) is 12.4 Å².